The molecular weight excluding hydrogens is 306 g/mol. The first-order valence-corrected chi connectivity index (χ1v) is 11.1. The second-order valence-electron chi connectivity index (χ2n) is 10.7. The van der Waals surface area contributed by atoms with E-state index in [2.05, 4.69) is 11.8 Å². The lowest BCUT2D eigenvalue weighted by Crippen LogP contribution is -2.55. The maximum Gasteiger partial charge on any atom is 0.224 e. The summed E-state index contributed by atoms with van der Waals surface area (Å²) in [6.45, 7) is 10.2. The smallest absolute Gasteiger partial charge is 0.224 e. The highest BCUT2D eigenvalue weighted by Gasteiger charge is 2.63. The highest BCUT2D eigenvalue weighted by molar-refractivity contribution is 5.13. The molecule has 0 aromatic rings. The van der Waals surface area contributed by atoms with Gasteiger partial charge < -0.3 is 9.95 Å². The van der Waals surface area contributed by atoms with Gasteiger partial charge in [-0.1, -0.05) is 6.92 Å². The van der Waals surface area contributed by atoms with Crippen molar-refractivity contribution in [3.63, 3.8) is 0 Å². The van der Waals surface area contributed by atoms with Crippen LogP contribution < -0.4 is 0 Å². The van der Waals surface area contributed by atoms with E-state index >= 15 is 0 Å². The van der Waals surface area contributed by atoms with Crippen LogP contribution in [0.1, 0.15) is 84.0 Å². The Labute approximate surface area is 153 Å². The van der Waals surface area contributed by atoms with Gasteiger partial charge in [0.2, 0.25) is 6.04 Å². The van der Waals surface area contributed by atoms with Crippen LogP contribution >= 0.6 is 0 Å². The van der Waals surface area contributed by atoms with E-state index < -0.39 is 0 Å². The number of rotatable bonds is 0. The highest BCUT2D eigenvalue weighted by atomic mass is 16.3. The van der Waals surface area contributed by atoms with E-state index in [4.69, 9.17) is 6.57 Å². The Morgan fingerprint density at radius 3 is 2.52 bits per heavy atom. The lowest BCUT2D eigenvalue weighted by molar-refractivity contribution is -0.136. The first kappa shape index (κ1) is 16.6. The number of aliphatic hydroxyl groups excluding tert-OH is 1. The Morgan fingerprint density at radius 2 is 1.68 bits per heavy atom. The first-order chi connectivity index (χ1) is 12.1. The van der Waals surface area contributed by atoms with Crippen molar-refractivity contribution in [3.05, 3.63) is 11.4 Å². The van der Waals surface area contributed by atoms with Crippen molar-refractivity contribution in [2.45, 2.75) is 96.1 Å². The molecule has 0 saturated heterocycles. The number of fused-ring (bicyclic) bond motifs is 4. The molecule has 25 heavy (non-hydrogen) atoms. The molecule has 5 fully saturated rings. The van der Waals surface area contributed by atoms with Gasteiger partial charge in [0.15, 0.2) is 0 Å². The van der Waals surface area contributed by atoms with Crippen LogP contribution in [0.15, 0.2) is 0 Å². The predicted octanol–water partition coefficient (Wildman–Crippen LogP) is 5.46. The molecule has 0 amide bonds. The van der Waals surface area contributed by atoms with E-state index in [1.807, 2.05) is 0 Å². The third-order valence-electron chi connectivity index (χ3n) is 10.2. The largest absolute Gasteiger partial charge is 0.393 e. The fraction of sp³-hybridized carbons (Fsp3) is 0.957. The van der Waals surface area contributed by atoms with E-state index in [9.17, 15) is 5.11 Å². The molecule has 0 radical (unpaired) electrons. The van der Waals surface area contributed by atoms with Gasteiger partial charge in [-0.25, -0.2) is 6.57 Å². The van der Waals surface area contributed by atoms with Gasteiger partial charge in [0.1, 0.15) is 0 Å². The van der Waals surface area contributed by atoms with Crippen LogP contribution in [0.25, 0.3) is 4.85 Å². The van der Waals surface area contributed by atoms with Crippen LogP contribution in [-0.2, 0) is 0 Å². The average Bonchev–Trinajstić information content (AvgIpc) is 3.01. The van der Waals surface area contributed by atoms with Crippen LogP contribution in [0, 0.1) is 47.0 Å². The molecule has 0 aromatic carbocycles. The van der Waals surface area contributed by atoms with Crippen LogP contribution in [-0.4, -0.2) is 17.3 Å². The van der Waals surface area contributed by atoms with Crippen molar-refractivity contribution >= 4 is 0 Å². The number of nitrogens with zero attached hydrogens (tertiary/aromatic N) is 1. The summed E-state index contributed by atoms with van der Waals surface area (Å²) in [5.41, 5.74) is 1.04. The zero-order chi connectivity index (χ0) is 17.2. The zero-order valence-corrected chi connectivity index (χ0v) is 15.9. The summed E-state index contributed by atoms with van der Waals surface area (Å²) < 4.78 is 0. The fourth-order valence-corrected chi connectivity index (χ4v) is 9.05. The Hall–Kier alpha value is -0.550. The van der Waals surface area contributed by atoms with Gasteiger partial charge >= 0.3 is 0 Å². The van der Waals surface area contributed by atoms with Crippen molar-refractivity contribution in [1.29, 1.82) is 0 Å². The first-order valence-electron chi connectivity index (χ1n) is 11.1. The molecule has 0 heterocycles. The number of hydrogen-bond donors (Lipinski definition) is 1. The number of hydrogen-bond acceptors (Lipinski definition) is 1. The van der Waals surface area contributed by atoms with Gasteiger partial charge in [-0.2, -0.15) is 0 Å². The summed E-state index contributed by atoms with van der Waals surface area (Å²) in [4.78, 5) is 4.01. The summed E-state index contributed by atoms with van der Waals surface area (Å²) in [5, 5.41) is 10.2. The molecule has 0 aliphatic heterocycles. The average molecular weight is 342 g/mol. The van der Waals surface area contributed by atoms with E-state index in [1.54, 1.807) is 0 Å². The van der Waals surface area contributed by atoms with Crippen LogP contribution in [0.5, 0.6) is 0 Å². The van der Waals surface area contributed by atoms with Crippen molar-refractivity contribution in [3.8, 4) is 0 Å². The van der Waals surface area contributed by atoms with Crippen molar-refractivity contribution in [1.82, 2.24) is 0 Å². The molecule has 2 heteroatoms. The van der Waals surface area contributed by atoms with Crippen LogP contribution in [0.4, 0.5) is 0 Å². The molecule has 5 rings (SSSR count). The van der Waals surface area contributed by atoms with Crippen molar-refractivity contribution < 1.29 is 5.11 Å². The minimum Gasteiger partial charge on any atom is -0.393 e. The molecule has 0 aromatic heterocycles. The summed E-state index contributed by atoms with van der Waals surface area (Å²) in [5.74, 6) is 4.47. The summed E-state index contributed by atoms with van der Waals surface area (Å²) >= 11 is 0. The van der Waals surface area contributed by atoms with Gasteiger partial charge in [0.05, 0.1) is 6.10 Å². The predicted molar refractivity (Wildman–Crippen MR) is 99.8 cm³/mol. The van der Waals surface area contributed by atoms with E-state index in [-0.39, 0.29) is 6.10 Å². The molecule has 9 atom stereocenters. The van der Waals surface area contributed by atoms with E-state index in [0.29, 0.717) is 16.9 Å². The topological polar surface area (TPSA) is 24.6 Å². The standard InChI is InChI=1S/C23H35NO/c1-22-11-9-18(25)13-16(22)4-7-19-20(22)10-12-23-14-17(24-2)6-3-15(23)5-8-21(19)23/h15-21,25H,3-14H2,1H3/t15-,16-,17?,18+,19?,20?,21?,22-,23-/m0/s1. The maximum atomic E-state index is 10.2. The Morgan fingerprint density at radius 1 is 0.880 bits per heavy atom. The molecule has 4 unspecified atom stereocenters. The van der Waals surface area contributed by atoms with Gasteiger partial charge in [-0.05, 0) is 105 Å². The summed E-state index contributed by atoms with van der Waals surface area (Å²) in [6.07, 6.45) is 15.6. The monoisotopic (exact) mass is 341 g/mol. The lowest BCUT2D eigenvalue weighted by atomic mass is 9.43. The van der Waals surface area contributed by atoms with Gasteiger partial charge in [-0.3, -0.25) is 0 Å². The summed E-state index contributed by atoms with van der Waals surface area (Å²) in [7, 11) is 0. The Kier molecular flexibility index (Phi) is 3.80. The van der Waals surface area contributed by atoms with E-state index in [1.165, 1.54) is 64.2 Å². The maximum absolute atomic E-state index is 10.2. The molecule has 1 N–H and O–H groups in total. The third kappa shape index (κ3) is 2.24. The van der Waals surface area contributed by atoms with Crippen LogP contribution in [0.3, 0.4) is 0 Å². The lowest BCUT2D eigenvalue weighted by Gasteiger charge is -2.62. The van der Waals surface area contributed by atoms with Crippen molar-refractivity contribution in [2.24, 2.45) is 40.4 Å². The molecule has 2 nitrogen and oxygen atoms in total. The minimum atomic E-state index is -0.0295. The summed E-state index contributed by atoms with van der Waals surface area (Å²) in [6, 6.07) is 0.324. The van der Waals surface area contributed by atoms with Gasteiger partial charge in [0, 0.05) is 12.8 Å². The second-order valence-corrected chi connectivity index (χ2v) is 10.7. The van der Waals surface area contributed by atoms with Gasteiger partial charge in [0.25, 0.3) is 0 Å². The molecule has 5 aliphatic carbocycles. The highest BCUT2D eigenvalue weighted by Crippen LogP contribution is 2.70. The third-order valence-corrected chi connectivity index (χ3v) is 10.2. The fourth-order valence-electron chi connectivity index (χ4n) is 9.05. The molecule has 5 aliphatic rings. The quantitative estimate of drug-likeness (QED) is 0.582. The SMILES string of the molecule is [C-]#[N+]C1CC[C@H]2CCC3C4CC[C@H]5C[C@H](O)CC[C@]5(C)C4CC[C@@]32C1. The minimum absolute atomic E-state index is 0.0295. The van der Waals surface area contributed by atoms with Gasteiger partial charge in [-0.15, -0.1) is 0 Å². The molecule has 1 spiro atoms. The van der Waals surface area contributed by atoms with E-state index in [0.717, 1.165) is 42.4 Å². The number of aliphatic hydroxyl groups is 1. The second kappa shape index (κ2) is 5.72. The zero-order valence-electron chi connectivity index (χ0n) is 15.9. The normalized spacial score (nSPS) is 57.6. The molecular formula is C23H35NO. The Balaban J connectivity index is 1.44. The molecule has 5 saturated carbocycles. The Bertz CT molecular complexity index is 581. The van der Waals surface area contributed by atoms with Crippen molar-refractivity contribution in [2.75, 3.05) is 0 Å². The van der Waals surface area contributed by atoms with Crippen LogP contribution in [0.2, 0.25) is 0 Å². The molecule has 138 valence electrons. The molecule has 0 bridgehead atoms.